The number of aliphatic carboxylic acids is 1. The molecular formula is C53H67N5O14S. The van der Waals surface area contributed by atoms with Crippen LogP contribution in [0, 0.1) is 23.7 Å². The highest BCUT2D eigenvalue weighted by Crippen LogP contribution is 2.51. The number of aromatic nitrogens is 1. The maximum absolute atomic E-state index is 13.5. The Morgan fingerprint density at radius 2 is 1.42 bits per heavy atom. The zero-order chi connectivity index (χ0) is 53.3. The van der Waals surface area contributed by atoms with Crippen LogP contribution in [0.3, 0.4) is 0 Å². The van der Waals surface area contributed by atoms with Crippen molar-refractivity contribution in [1.29, 1.82) is 0 Å². The van der Waals surface area contributed by atoms with Crippen LogP contribution in [0.2, 0.25) is 0 Å². The molecule has 19 nitrogen and oxygen atoms in total. The van der Waals surface area contributed by atoms with Crippen LogP contribution in [-0.2, 0) is 44.9 Å². The quantitative estimate of drug-likeness (QED) is 0.0588. The molecule has 0 radical (unpaired) electrons. The number of carboxylic acid groups (broad SMARTS) is 1. The van der Waals surface area contributed by atoms with E-state index in [1.165, 1.54) is 76.3 Å². The fourth-order valence-corrected chi connectivity index (χ4v) is 11.4. The molecule has 20 heteroatoms. The van der Waals surface area contributed by atoms with Gasteiger partial charge in [-0.2, -0.15) is 0 Å². The number of rotatable bonds is 14. The Bertz CT molecular complexity index is 2780. The van der Waals surface area contributed by atoms with Gasteiger partial charge < -0.3 is 60.0 Å². The highest BCUT2D eigenvalue weighted by Gasteiger charge is 2.54. The highest BCUT2D eigenvalue weighted by molar-refractivity contribution is 7.91. The van der Waals surface area contributed by atoms with Gasteiger partial charge in [0.15, 0.2) is 11.5 Å². The van der Waals surface area contributed by atoms with Crippen molar-refractivity contribution in [2.24, 2.45) is 23.7 Å². The normalized spacial score (nSPS) is 20.5. The lowest BCUT2D eigenvalue weighted by Crippen LogP contribution is -2.58. The Morgan fingerprint density at radius 3 is 1.92 bits per heavy atom. The lowest BCUT2D eigenvalue weighted by atomic mass is 9.63. The maximum Gasteiger partial charge on any atom is 0.338 e. The van der Waals surface area contributed by atoms with Crippen LogP contribution in [0.5, 0.6) is 23.0 Å². The zero-order valence-electron chi connectivity index (χ0n) is 42.6. The van der Waals surface area contributed by atoms with Gasteiger partial charge in [0.1, 0.15) is 24.0 Å². The van der Waals surface area contributed by atoms with Gasteiger partial charge >= 0.3 is 17.9 Å². The van der Waals surface area contributed by atoms with Crippen molar-refractivity contribution in [3.05, 3.63) is 95.7 Å². The molecule has 1 aromatic heterocycles. The molecule has 4 aromatic carbocycles. The van der Waals surface area contributed by atoms with E-state index in [1.54, 1.807) is 50.6 Å². The number of carboxylic acids is 1. The minimum Gasteiger partial charge on any atom is -0.497 e. The summed E-state index contributed by atoms with van der Waals surface area (Å²) in [6.45, 7) is 6.83. The number of nitrogens with one attached hydrogen (secondary N) is 2. The summed E-state index contributed by atoms with van der Waals surface area (Å²) in [5, 5.41) is 12.2. The van der Waals surface area contributed by atoms with Crippen LogP contribution in [0.4, 0.5) is 11.4 Å². The topological polar surface area (TPSA) is 270 Å². The summed E-state index contributed by atoms with van der Waals surface area (Å²) in [6.07, 6.45) is 1.39. The second-order valence-corrected chi connectivity index (χ2v) is 20.5. The molecule has 2 fully saturated rings. The van der Waals surface area contributed by atoms with E-state index >= 15 is 0 Å². The van der Waals surface area contributed by atoms with Gasteiger partial charge in [0.2, 0.25) is 21.5 Å². The number of carbonyl (C=O) groups excluding carboxylic acids is 3. The van der Waals surface area contributed by atoms with Crippen LogP contribution in [-0.4, -0.2) is 121 Å². The number of sulfone groups is 1. The number of esters is 2. The van der Waals surface area contributed by atoms with Crippen molar-refractivity contribution in [3.63, 3.8) is 0 Å². The molecule has 73 heavy (non-hydrogen) atoms. The predicted molar refractivity (Wildman–Crippen MR) is 273 cm³/mol. The number of hydrogen-bond acceptors (Lipinski definition) is 16. The Kier molecular flexibility index (Phi) is 18.3. The molecule has 1 amide bonds. The Balaban J connectivity index is 0.000000244. The van der Waals surface area contributed by atoms with Crippen molar-refractivity contribution < 1.29 is 65.9 Å². The van der Waals surface area contributed by atoms with E-state index in [4.69, 9.17) is 49.7 Å². The first-order valence-corrected chi connectivity index (χ1v) is 25.3. The molecule has 3 aliphatic rings. The van der Waals surface area contributed by atoms with Gasteiger partial charge in [-0.05, 0) is 122 Å². The largest absolute Gasteiger partial charge is 0.497 e. The number of anilines is 2. The minimum absolute atomic E-state index is 0.0170. The number of H-pyrrole nitrogens is 1. The summed E-state index contributed by atoms with van der Waals surface area (Å²) >= 11 is 0. The standard InChI is InChI=1S/C33H40N2O9.C12H12N2O2S.C8H15NO3/c1-38-19-7-8-20-21-9-10-35-16-18-13-27(44-32(36)17-11-25(39-2)30(41-4)26(12-17)40-3)31(42-5)28(33(37)43-6)22(18)15-24(35)29(21)34-23(20)14-19;13-9-1-5-11(6-2-9)17(15,16)12-7-3-10(14)4-8-12;1-5(2)4-7(8(11)12)9-6(3)10/h7-8,11-12,14,18,22,24,27-28,31,34H,9-10,13,15-16H2,1-6H3;1-8H,13-14H2;5,7H,4H2,1-3H3,(H,9,10)(H,11,12)/t18-,22+,24-,27-,28+,31+;;/m1../s1. The predicted octanol–water partition coefficient (Wildman–Crippen LogP) is 6.48. The van der Waals surface area contributed by atoms with Gasteiger partial charge in [-0.1, -0.05) is 13.8 Å². The average Bonchev–Trinajstić information content (AvgIpc) is 3.75. The lowest BCUT2D eigenvalue weighted by Gasteiger charge is -2.52. The first-order valence-electron chi connectivity index (χ1n) is 23.8. The van der Waals surface area contributed by atoms with Gasteiger partial charge in [-0.15, -0.1) is 0 Å². The maximum atomic E-state index is 13.5. The van der Waals surface area contributed by atoms with Gasteiger partial charge in [-0.25, -0.2) is 18.0 Å². The molecular weight excluding hydrogens is 963 g/mol. The number of amides is 1. The van der Waals surface area contributed by atoms with Crippen molar-refractivity contribution in [3.8, 4) is 23.0 Å². The molecule has 3 heterocycles. The van der Waals surface area contributed by atoms with Crippen molar-refractivity contribution in [2.45, 2.75) is 80.5 Å². The molecule has 1 saturated carbocycles. The molecule has 1 saturated heterocycles. The van der Waals surface area contributed by atoms with E-state index < -0.39 is 45.9 Å². The zero-order valence-corrected chi connectivity index (χ0v) is 43.4. The number of nitrogens with zero attached hydrogens (tertiary/aromatic N) is 1. The third kappa shape index (κ3) is 12.6. The number of benzene rings is 4. The first kappa shape index (κ1) is 55.3. The van der Waals surface area contributed by atoms with Crippen LogP contribution in [0.25, 0.3) is 10.9 Å². The molecule has 394 valence electrons. The van der Waals surface area contributed by atoms with Crippen LogP contribution >= 0.6 is 0 Å². The molecule has 1 aliphatic carbocycles. The summed E-state index contributed by atoms with van der Waals surface area (Å²) in [5.41, 5.74) is 15.9. The summed E-state index contributed by atoms with van der Waals surface area (Å²) in [5.74, 6) is -0.573. The third-order valence-corrected chi connectivity index (χ3v) is 15.3. The summed E-state index contributed by atoms with van der Waals surface area (Å²) < 4.78 is 63.5. The molecule has 7 N–H and O–H groups in total. The first-order chi connectivity index (χ1) is 34.8. The van der Waals surface area contributed by atoms with E-state index in [-0.39, 0.29) is 51.0 Å². The van der Waals surface area contributed by atoms with Crippen molar-refractivity contribution in [2.75, 3.05) is 67.2 Å². The van der Waals surface area contributed by atoms with Gasteiger partial charge in [0.25, 0.3) is 0 Å². The number of hydrogen-bond donors (Lipinski definition) is 5. The summed E-state index contributed by atoms with van der Waals surface area (Å²) in [7, 11) is 5.62. The monoisotopic (exact) mass is 1030 g/mol. The molecule has 8 rings (SSSR count). The number of nitrogens with two attached hydrogens (primary N) is 2. The molecule has 0 spiro atoms. The average molecular weight is 1030 g/mol. The van der Waals surface area contributed by atoms with Crippen LogP contribution < -0.4 is 35.7 Å². The fraction of sp³-hybridized carbons (Fsp3) is 0.434. The number of piperidine rings is 1. The summed E-state index contributed by atoms with van der Waals surface area (Å²) in [6, 6.07) is 20.8. The second kappa shape index (κ2) is 24.1. The lowest BCUT2D eigenvalue weighted by molar-refractivity contribution is -0.176. The molecule has 7 atom stereocenters. The number of fused-ring (bicyclic) bond motifs is 6. The van der Waals surface area contributed by atoms with Crippen LogP contribution in [0.15, 0.2) is 88.7 Å². The molecule has 2 aliphatic heterocycles. The number of carbonyl (C=O) groups is 4. The highest BCUT2D eigenvalue weighted by atomic mass is 32.2. The van der Waals surface area contributed by atoms with Crippen LogP contribution in [0.1, 0.15) is 67.7 Å². The van der Waals surface area contributed by atoms with E-state index in [2.05, 4.69) is 21.3 Å². The van der Waals surface area contributed by atoms with Gasteiger partial charge in [0.05, 0.1) is 62.9 Å². The number of aromatic amines is 1. The fourth-order valence-electron chi connectivity index (χ4n) is 10.1. The van der Waals surface area contributed by atoms with Gasteiger partial charge in [-0.3, -0.25) is 14.5 Å². The Morgan fingerprint density at radius 1 is 0.822 bits per heavy atom. The third-order valence-electron chi connectivity index (χ3n) is 13.5. The minimum atomic E-state index is -3.48. The van der Waals surface area contributed by atoms with Gasteiger partial charge in [0, 0.05) is 61.2 Å². The SMILES string of the molecule is CC(=O)NC(CC(C)C)C(=O)O.COC(=O)[C@H]1[C@H]2C[C@@H]3c4[nH]c5cc(OC)ccc5c4CCN3C[C@H]2C[C@@H](OC(=O)c2cc(OC)c(OC)c(OC)c2)[C@@H]1OC.Nc1ccc(S(=O)(=O)c2ccc(N)cc2)cc1. The van der Waals surface area contributed by atoms with E-state index in [1.807, 2.05) is 26.0 Å². The Hall–Kier alpha value is -7.03. The Labute approximate surface area is 425 Å². The molecule has 0 bridgehead atoms. The molecule has 1 unspecified atom stereocenters. The molecule has 5 aromatic rings. The van der Waals surface area contributed by atoms with Crippen molar-refractivity contribution >= 4 is 55.9 Å². The smallest absolute Gasteiger partial charge is 0.338 e. The van der Waals surface area contributed by atoms with E-state index in [9.17, 15) is 27.6 Å². The second-order valence-electron chi connectivity index (χ2n) is 18.6. The van der Waals surface area contributed by atoms with E-state index in [0.717, 1.165) is 37.2 Å². The summed E-state index contributed by atoms with van der Waals surface area (Å²) in [4.78, 5) is 54.7. The van der Waals surface area contributed by atoms with E-state index in [0.29, 0.717) is 41.5 Å². The van der Waals surface area contributed by atoms with Crippen molar-refractivity contribution in [1.82, 2.24) is 15.2 Å². The number of methoxy groups -OCH3 is 6. The number of nitrogen functional groups attached to an aromatic ring is 2. The number of ether oxygens (including phenoxy) is 7.